The Morgan fingerprint density at radius 2 is 1.72 bits per heavy atom. The molecule has 0 saturated heterocycles. The zero-order valence-electron chi connectivity index (χ0n) is 16.2. The zero-order valence-corrected chi connectivity index (χ0v) is 21.7. The number of nitrogens with zero attached hydrogens (tertiary/aromatic N) is 1. The third kappa shape index (κ3) is 6.90. The number of benzene rings is 3. The van der Waals surface area contributed by atoms with Crippen molar-refractivity contribution in [3.05, 3.63) is 90.2 Å². The summed E-state index contributed by atoms with van der Waals surface area (Å²) in [5.41, 5.74) is 3.27. The first kappa shape index (κ1) is 24.4. The first-order valence-corrected chi connectivity index (χ1v) is 11.7. The molecule has 0 aromatic heterocycles. The summed E-state index contributed by atoms with van der Waals surface area (Å²) < 4.78 is 13.1. The molecule has 0 unspecified atom stereocenters. The molecule has 32 heavy (non-hydrogen) atoms. The SMILES string of the molecule is O=C(COc1c(Br)cc(Br)cc1Br)NN=Cc1cccc(OC(=O)c2ccccc2Cl)c1. The lowest BCUT2D eigenvalue weighted by molar-refractivity contribution is -0.123. The van der Waals surface area contributed by atoms with Crippen LogP contribution in [0.3, 0.4) is 0 Å². The molecule has 0 radical (unpaired) electrons. The van der Waals surface area contributed by atoms with Crippen LogP contribution in [0.1, 0.15) is 15.9 Å². The van der Waals surface area contributed by atoms with E-state index in [2.05, 4.69) is 58.3 Å². The molecule has 1 amide bonds. The summed E-state index contributed by atoms with van der Waals surface area (Å²) >= 11 is 16.2. The van der Waals surface area contributed by atoms with E-state index in [0.29, 0.717) is 31.0 Å². The number of hydrazone groups is 1. The van der Waals surface area contributed by atoms with Crippen LogP contribution in [-0.2, 0) is 4.79 Å². The van der Waals surface area contributed by atoms with Crippen molar-refractivity contribution in [3.8, 4) is 11.5 Å². The van der Waals surface area contributed by atoms with Gasteiger partial charge in [0.15, 0.2) is 6.61 Å². The summed E-state index contributed by atoms with van der Waals surface area (Å²) in [4.78, 5) is 24.3. The predicted octanol–water partition coefficient (Wildman–Crippen LogP) is 6.38. The predicted molar refractivity (Wildman–Crippen MR) is 134 cm³/mol. The van der Waals surface area contributed by atoms with Gasteiger partial charge in [0.2, 0.25) is 0 Å². The molecule has 0 spiro atoms. The van der Waals surface area contributed by atoms with Crippen LogP contribution in [0.2, 0.25) is 5.02 Å². The van der Waals surface area contributed by atoms with E-state index in [1.165, 1.54) is 6.21 Å². The lowest BCUT2D eigenvalue weighted by atomic mass is 10.2. The van der Waals surface area contributed by atoms with Crippen molar-refractivity contribution in [2.75, 3.05) is 6.61 Å². The molecular formula is C22H14Br3ClN2O4. The number of ether oxygens (including phenoxy) is 2. The molecule has 3 rings (SSSR count). The lowest BCUT2D eigenvalue weighted by Crippen LogP contribution is -2.24. The van der Waals surface area contributed by atoms with Crippen molar-refractivity contribution in [2.24, 2.45) is 5.10 Å². The number of amides is 1. The second-order valence-electron chi connectivity index (χ2n) is 6.22. The highest BCUT2D eigenvalue weighted by Crippen LogP contribution is 2.36. The van der Waals surface area contributed by atoms with Gasteiger partial charge in [-0.1, -0.05) is 51.8 Å². The van der Waals surface area contributed by atoms with Gasteiger partial charge in [0.05, 0.1) is 25.7 Å². The highest BCUT2D eigenvalue weighted by Gasteiger charge is 2.12. The van der Waals surface area contributed by atoms with E-state index in [4.69, 9.17) is 21.1 Å². The van der Waals surface area contributed by atoms with Crippen molar-refractivity contribution >= 4 is 77.5 Å². The third-order valence-electron chi connectivity index (χ3n) is 3.88. The Kier molecular flexibility index (Phi) is 8.86. The van der Waals surface area contributed by atoms with Crippen LogP contribution in [0.4, 0.5) is 0 Å². The van der Waals surface area contributed by atoms with Gasteiger partial charge in [-0.2, -0.15) is 5.10 Å². The maximum absolute atomic E-state index is 12.3. The average Bonchev–Trinajstić information content (AvgIpc) is 2.73. The molecule has 0 heterocycles. The maximum atomic E-state index is 12.3. The van der Waals surface area contributed by atoms with E-state index >= 15 is 0 Å². The molecule has 0 aliphatic heterocycles. The fourth-order valence-electron chi connectivity index (χ4n) is 2.46. The van der Waals surface area contributed by atoms with E-state index < -0.39 is 11.9 Å². The summed E-state index contributed by atoms with van der Waals surface area (Å²) in [7, 11) is 0. The molecule has 3 aromatic rings. The monoisotopic (exact) mass is 642 g/mol. The second-order valence-corrected chi connectivity index (χ2v) is 9.25. The van der Waals surface area contributed by atoms with Crippen LogP contribution in [-0.4, -0.2) is 24.7 Å². The number of hydrogen-bond donors (Lipinski definition) is 1. The molecule has 1 N–H and O–H groups in total. The Labute approximate surface area is 214 Å². The minimum absolute atomic E-state index is 0.230. The Morgan fingerprint density at radius 1 is 1.00 bits per heavy atom. The Balaban J connectivity index is 1.55. The van der Waals surface area contributed by atoms with E-state index in [-0.39, 0.29) is 12.2 Å². The van der Waals surface area contributed by atoms with Crippen LogP contribution in [0.25, 0.3) is 0 Å². The van der Waals surface area contributed by atoms with E-state index in [9.17, 15) is 9.59 Å². The van der Waals surface area contributed by atoms with Gasteiger partial charge in [0.25, 0.3) is 5.91 Å². The number of rotatable bonds is 7. The quantitative estimate of drug-likeness (QED) is 0.140. The molecule has 0 fully saturated rings. The van der Waals surface area contributed by atoms with Gasteiger partial charge < -0.3 is 9.47 Å². The number of carbonyl (C=O) groups excluding carboxylic acids is 2. The van der Waals surface area contributed by atoms with Crippen molar-refractivity contribution in [2.45, 2.75) is 0 Å². The summed E-state index contributed by atoms with van der Waals surface area (Å²) in [6.07, 6.45) is 1.43. The lowest BCUT2D eigenvalue weighted by Gasteiger charge is -2.10. The molecular weight excluding hydrogens is 631 g/mol. The van der Waals surface area contributed by atoms with Gasteiger partial charge in [-0.15, -0.1) is 0 Å². The van der Waals surface area contributed by atoms with Crippen LogP contribution >= 0.6 is 59.4 Å². The largest absolute Gasteiger partial charge is 0.481 e. The van der Waals surface area contributed by atoms with Crippen molar-refractivity contribution in [3.63, 3.8) is 0 Å². The normalized spacial score (nSPS) is 10.8. The minimum atomic E-state index is -0.569. The summed E-state index contributed by atoms with van der Waals surface area (Å²) in [5, 5.41) is 4.22. The Bertz CT molecular complexity index is 1160. The van der Waals surface area contributed by atoms with Crippen LogP contribution in [0, 0.1) is 0 Å². The van der Waals surface area contributed by atoms with Crippen molar-refractivity contribution in [1.29, 1.82) is 0 Å². The molecule has 0 aliphatic rings. The van der Waals surface area contributed by atoms with Gasteiger partial charge >= 0.3 is 5.97 Å². The molecule has 10 heteroatoms. The minimum Gasteiger partial charge on any atom is -0.481 e. The van der Waals surface area contributed by atoms with Crippen molar-refractivity contribution in [1.82, 2.24) is 5.43 Å². The summed E-state index contributed by atoms with van der Waals surface area (Å²) in [5.74, 6) is -0.191. The average molecular weight is 646 g/mol. The van der Waals surface area contributed by atoms with E-state index in [1.807, 2.05) is 12.1 Å². The van der Waals surface area contributed by atoms with Gasteiger partial charge in [0.1, 0.15) is 11.5 Å². The van der Waals surface area contributed by atoms with Crippen LogP contribution in [0.15, 0.2) is 79.2 Å². The number of carbonyl (C=O) groups is 2. The number of nitrogens with one attached hydrogen (secondary N) is 1. The summed E-state index contributed by atoms with van der Waals surface area (Å²) in [6, 6.07) is 16.9. The molecule has 0 bridgehead atoms. The van der Waals surface area contributed by atoms with Crippen LogP contribution < -0.4 is 14.9 Å². The van der Waals surface area contributed by atoms with Gasteiger partial charge in [-0.05, 0) is 73.8 Å². The number of halogens is 4. The maximum Gasteiger partial charge on any atom is 0.345 e. The summed E-state index contributed by atoms with van der Waals surface area (Å²) in [6.45, 7) is -0.230. The van der Waals surface area contributed by atoms with Gasteiger partial charge in [-0.25, -0.2) is 10.2 Å². The fourth-order valence-corrected chi connectivity index (χ4v) is 5.16. The molecule has 0 aliphatic carbocycles. The van der Waals surface area contributed by atoms with E-state index in [0.717, 1.165) is 4.47 Å². The molecule has 6 nitrogen and oxygen atoms in total. The zero-order chi connectivity index (χ0) is 23.1. The van der Waals surface area contributed by atoms with Crippen molar-refractivity contribution < 1.29 is 19.1 Å². The van der Waals surface area contributed by atoms with Gasteiger partial charge in [-0.3, -0.25) is 4.79 Å². The topological polar surface area (TPSA) is 77.0 Å². The molecule has 0 atom stereocenters. The van der Waals surface area contributed by atoms with Gasteiger partial charge in [0, 0.05) is 4.47 Å². The Morgan fingerprint density at radius 3 is 2.44 bits per heavy atom. The highest BCUT2D eigenvalue weighted by molar-refractivity contribution is 9.11. The smallest absolute Gasteiger partial charge is 0.345 e. The standard InChI is InChI=1S/C22H14Br3ClN2O4/c23-14-9-17(24)21(18(25)10-14)31-12-20(29)28-27-11-13-4-3-5-15(8-13)32-22(30)16-6-1-2-7-19(16)26/h1-11H,12H2,(H,28,29). The number of hydrogen-bond acceptors (Lipinski definition) is 5. The molecule has 3 aromatic carbocycles. The van der Waals surface area contributed by atoms with E-state index in [1.54, 1.807) is 48.5 Å². The highest BCUT2D eigenvalue weighted by atomic mass is 79.9. The second kappa shape index (κ2) is 11.6. The third-order valence-corrected chi connectivity index (χ3v) is 5.84. The first-order valence-electron chi connectivity index (χ1n) is 8.99. The number of esters is 1. The first-order chi connectivity index (χ1) is 15.3. The Hall–Kier alpha value is -2.20. The molecule has 164 valence electrons. The molecule has 0 saturated carbocycles. The van der Waals surface area contributed by atoms with Crippen LogP contribution in [0.5, 0.6) is 11.5 Å². The fraction of sp³-hybridized carbons (Fsp3) is 0.0455.